The Kier molecular flexibility index (Phi) is 3.92. The number of hydrogen-bond acceptors (Lipinski definition) is 4. The molecule has 0 radical (unpaired) electrons. The summed E-state index contributed by atoms with van der Waals surface area (Å²) in [7, 11) is 1.92. The highest BCUT2D eigenvalue weighted by atomic mass is 15.4. The molecule has 2 heterocycles. The maximum absolute atomic E-state index is 4.56. The van der Waals surface area contributed by atoms with Crippen LogP contribution < -0.4 is 5.32 Å². The van der Waals surface area contributed by atoms with Crippen molar-refractivity contribution in [3.63, 3.8) is 0 Å². The van der Waals surface area contributed by atoms with Gasteiger partial charge < -0.3 is 5.32 Å². The molecule has 5 heteroatoms. The number of nitrogens with zero attached hydrogens (tertiary/aromatic N) is 4. The fourth-order valence-electron chi connectivity index (χ4n) is 2.58. The van der Waals surface area contributed by atoms with Crippen LogP contribution in [0.3, 0.4) is 0 Å². The molecule has 5 nitrogen and oxygen atoms in total. The fraction of sp³-hybridized carbons (Fsp3) is 0.312. The van der Waals surface area contributed by atoms with E-state index in [9.17, 15) is 0 Å². The molecule has 0 aliphatic rings. The van der Waals surface area contributed by atoms with Crippen LogP contribution in [0.4, 0.5) is 0 Å². The predicted molar refractivity (Wildman–Crippen MR) is 82.9 cm³/mol. The normalized spacial score (nSPS) is 12.7. The first-order valence-electron chi connectivity index (χ1n) is 7.23. The summed E-state index contributed by atoms with van der Waals surface area (Å²) < 4.78 is 1.81. The van der Waals surface area contributed by atoms with E-state index in [1.165, 1.54) is 0 Å². The second-order valence-electron chi connectivity index (χ2n) is 5.09. The van der Waals surface area contributed by atoms with Gasteiger partial charge in [0.1, 0.15) is 0 Å². The smallest absolute Gasteiger partial charge is 0.0799 e. The maximum atomic E-state index is 4.56. The Labute approximate surface area is 124 Å². The monoisotopic (exact) mass is 281 g/mol. The zero-order valence-corrected chi connectivity index (χ0v) is 12.3. The lowest BCUT2D eigenvalue weighted by Gasteiger charge is -2.20. The molecule has 0 aliphatic heterocycles. The molecule has 0 amide bonds. The van der Waals surface area contributed by atoms with Gasteiger partial charge in [-0.2, -0.15) is 0 Å². The highest BCUT2D eigenvalue weighted by molar-refractivity contribution is 5.82. The minimum Gasteiger partial charge on any atom is -0.305 e. The lowest BCUT2D eigenvalue weighted by atomic mass is 10.00. The molecular weight excluding hydrogens is 262 g/mol. The number of pyridine rings is 1. The number of rotatable bonds is 5. The maximum Gasteiger partial charge on any atom is 0.0799 e. The summed E-state index contributed by atoms with van der Waals surface area (Å²) >= 11 is 0. The number of fused-ring (bicyclic) bond motifs is 1. The highest BCUT2D eigenvalue weighted by Crippen LogP contribution is 2.27. The van der Waals surface area contributed by atoms with E-state index in [-0.39, 0.29) is 6.04 Å². The SMILES string of the molecule is CCCNC(c1cccc2cccnc12)c1cnnn1C. The summed E-state index contributed by atoms with van der Waals surface area (Å²) in [5.41, 5.74) is 3.23. The summed E-state index contributed by atoms with van der Waals surface area (Å²) in [6, 6.07) is 10.4. The van der Waals surface area contributed by atoms with E-state index in [2.05, 4.69) is 51.8 Å². The number of hydrogen-bond donors (Lipinski definition) is 1. The number of aryl methyl sites for hydroxylation is 1. The van der Waals surface area contributed by atoms with Crippen molar-refractivity contribution in [2.24, 2.45) is 7.05 Å². The molecule has 0 saturated heterocycles. The average molecular weight is 281 g/mol. The summed E-state index contributed by atoms with van der Waals surface area (Å²) in [4.78, 5) is 4.56. The van der Waals surface area contributed by atoms with E-state index in [4.69, 9.17) is 0 Å². The number of para-hydroxylation sites is 1. The van der Waals surface area contributed by atoms with Crippen molar-refractivity contribution < 1.29 is 0 Å². The molecule has 0 saturated carbocycles. The Morgan fingerprint density at radius 3 is 2.86 bits per heavy atom. The van der Waals surface area contributed by atoms with Crippen molar-refractivity contribution in [3.8, 4) is 0 Å². The van der Waals surface area contributed by atoms with Crippen molar-refractivity contribution in [2.75, 3.05) is 6.54 Å². The standard InChI is InChI=1S/C16H19N5/c1-3-9-17-16(14-11-19-20-21(14)2)13-8-4-6-12-7-5-10-18-15(12)13/h4-8,10-11,16-17H,3,9H2,1-2H3. The van der Waals surface area contributed by atoms with E-state index in [0.29, 0.717) is 0 Å². The zero-order valence-electron chi connectivity index (χ0n) is 12.3. The molecule has 108 valence electrons. The van der Waals surface area contributed by atoms with E-state index in [1.807, 2.05) is 30.2 Å². The van der Waals surface area contributed by atoms with Gasteiger partial charge in [-0.25, -0.2) is 0 Å². The summed E-state index contributed by atoms with van der Waals surface area (Å²) in [5, 5.41) is 12.8. The predicted octanol–water partition coefficient (Wildman–Crippen LogP) is 2.45. The molecule has 21 heavy (non-hydrogen) atoms. The van der Waals surface area contributed by atoms with Crippen LogP contribution in [-0.4, -0.2) is 26.5 Å². The molecule has 0 bridgehead atoms. The van der Waals surface area contributed by atoms with Gasteiger partial charge in [-0.1, -0.05) is 36.4 Å². The van der Waals surface area contributed by atoms with Crippen molar-refractivity contribution >= 4 is 10.9 Å². The van der Waals surface area contributed by atoms with Gasteiger partial charge in [-0.05, 0) is 19.0 Å². The summed E-state index contributed by atoms with van der Waals surface area (Å²) in [6.07, 6.45) is 4.72. The van der Waals surface area contributed by atoms with Gasteiger partial charge in [-0.3, -0.25) is 9.67 Å². The van der Waals surface area contributed by atoms with Crippen molar-refractivity contribution in [2.45, 2.75) is 19.4 Å². The molecule has 0 aliphatic carbocycles. The molecule has 0 spiro atoms. The molecule has 0 fully saturated rings. The zero-order chi connectivity index (χ0) is 14.7. The van der Waals surface area contributed by atoms with Crippen LogP contribution in [0, 0.1) is 0 Å². The Hall–Kier alpha value is -2.27. The summed E-state index contributed by atoms with van der Waals surface area (Å²) in [6.45, 7) is 3.09. The van der Waals surface area contributed by atoms with Gasteiger partial charge in [0.2, 0.25) is 0 Å². The van der Waals surface area contributed by atoms with Gasteiger partial charge in [-0.15, -0.1) is 5.10 Å². The number of nitrogens with one attached hydrogen (secondary N) is 1. The molecular formula is C16H19N5. The number of aromatic nitrogens is 4. The van der Waals surface area contributed by atoms with E-state index >= 15 is 0 Å². The van der Waals surface area contributed by atoms with Crippen LogP contribution in [-0.2, 0) is 7.05 Å². The van der Waals surface area contributed by atoms with Gasteiger partial charge in [0, 0.05) is 24.2 Å². The van der Waals surface area contributed by atoms with Crippen LogP contribution in [0.2, 0.25) is 0 Å². The van der Waals surface area contributed by atoms with E-state index < -0.39 is 0 Å². The van der Waals surface area contributed by atoms with E-state index in [0.717, 1.165) is 35.1 Å². The molecule has 1 N–H and O–H groups in total. The largest absolute Gasteiger partial charge is 0.305 e. The van der Waals surface area contributed by atoms with Gasteiger partial charge in [0.25, 0.3) is 0 Å². The van der Waals surface area contributed by atoms with Crippen LogP contribution in [0.25, 0.3) is 10.9 Å². The lowest BCUT2D eigenvalue weighted by Crippen LogP contribution is -2.25. The minimum atomic E-state index is 0.0450. The first-order valence-corrected chi connectivity index (χ1v) is 7.23. The topological polar surface area (TPSA) is 55.6 Å². The Morgan fingerprint density at radius 2 is 2.10 bits per heavy atom. The van der Waals surface area contributed by atoms with Crippen molar-refractivity contribution in [3.05, 3.63) is 54.0 Å². The third kappa shape index (κ3) is 2.64. The first kappa shape index (κ1) is 13.7. The molecule has 3 rings (SSSR count). The van der Waals surface area contributed by atoms with Crippen molar-refractivity contribution in [1.82, 2.24) is 25.3 Å². The molecule has 1 unspecified atom stereocenters. The first-order chi connectivity index (χ1) is 10.3. The molecule has 1 atom stereocenters. The van der Waals surface area contributed by atoms with Gasteiger partial charge >= 0.3 is 0 Å². The lowest BCUT2D eigenvalue weighted by molar-refractivity contribution is 0.552. The van der Waals surface area contributed by atoms with Gasteiger partial charge in [0.15, 0.2) is 0 Å². The van der Waals surface area contributed by atoms with Crippen LogP contribution in [0.5, 0.6) is 0 Å². The van der Waals surface area contributed by atoms with Crippen LogP contribution >= 0.6 is 0 Å². The molecule has 1 aromatic carbocycles. The highest BCUT2D eigenvalue weighted by Gasteiger charge is 2.20. The van der Waals surface area contributed by atoms with Crippen molar-refractivity contribution in [1.29, 1.82) is 0 Å². The Bertz CT molecular complexity index is 729. The second-order valence-corrected chi connectivity index (χ2v) is 5.09. The third-order valence-corrected chi connectivity index (χ3v) is 3.62. The molecule has 2 aromatic heterocycles. The second kappa shape index (κ2) is 6.01. The number of benzene rings is 1. The van der Waals surface area contributed by atoms with Crippen LogP contribution in [0.1, 0.15) is 30.6 Å². The molecule has 3 aromatic rings. The Morgan fingerprint density at radius 1 is 1.24 bits per heavy atom. The fourth-order valence-corrected chi connectivity index (χ4v) is 2.58. The average Bonchev–Trinajstić information content (AvgIpc) is 2.94. The Balaban J connectivity index is 2.12. The minimum absolute atomic E-state index is 0.0450. The quantitative estimate of drug-likeness (QED) is 0.780. The third-order valence-electron chi connectivity index (χ3n) is 3.62. The van der Waals surface area contributed by atoms with Crippen LogP contribution in [0.15, 0.2) is 42.7 Å². The van der Waals surface area contributed by atoms with Gasteiger partial charge in [0.05, 0.1) is 23.4 Å². The summed E-state index contributed by atoms with van der Waals surface area (Å²) in [5.74, 6) is 0. The van der Waals surface area contributed by atoms with E-state index in [1.54, 1.807) is 0 Å².